The Bertz CT molecular complexity index is 216. The van der Waals surface area contributed by atoms with Crippen LogP contribution >= 0.6 is 0 Å². The first-order valence-electron chi connectivity index (χ1n) is 7.31. The van der Waals surface area contributed by atoms with Gasteiger partial charge in [-0.05, 0) is 45.1 Å². The van der Waals surface area contributed by atoms with Crippen molar-refractivity contribution < 1.29 is 4.74 Å². The molecule has 2 heterocycles. The van der Waals surface area contributed by atoms with Crippen LogP contribution in [-0.4, -0.2) is 49.8 Å². The molecule has 0 bridgehead atoms. The maximum Gasteiger partial charge on any atom is 0.0480 e. The highest BCUT2D eigenvalue weighted by Crippen LogP contribution is 2.21. The average Bonchev–Trinajstić information content (AvgIpc) is 2.33. The van der Waals surface area contributed by atoms with Gasteiger partial charge in [0.25, 0.3) is 0 Å². The van der Waals surface area contributed by atoms with E-state index in [1.807, 2.05) is 0 Å². The lowest BCUT2D eigenvalue weighted by atomic mass is 9.93. The van der Waals surface area contributed by atoms with E-state index in [1.54, 1.807) is 0 Å². The number of piperidine rings is 1. The van der Waals surface area contributed by atoms with Crippen molar-refractivity contribution in [2.45, 2.75) is 51.6 Å². The van der Waals surface area contributed by atoms with Crippen LogP contribution in [0.15, 0.2) is 0 Å². The van der Waals surface area contributed by atoms with E-state index in [1.165, 1.54) is 38.8 Å². The standard InChI is InChI=1S/C14H28N2O/c1-12-3-7-16(13(2)11-12)8-6-15-14-4-9-17-10-5-14/h12-15H,3-11H2,1-2H3. The van der Waals surface area contributed by atoms with E-state index in [0.29, 0.717) is 6.04 Å². The molecule has 3 heteroatoms. The summed E-state index contributed by atoms with van der Waals surface area (Å²) in [6.45, 7) is 10.3. The van der Waals surface area contributed by atoms with Crippen molar-refractivity contribution in [3.05, 3.63) is 0 Å². The van der Waals surface area contributed by atoms with Gasteiger partial charge in [0.15, 0.2) is 0 Å². The Morgan fingerprint density at radius 2 is 1.94 bits per heavy atom. The molecule has 2 unspecified atom stereocenters. The molecular formula is C14H28N2O. The van der Waals surface area contributed by atoms with Crippen molar-refractivity contribution in [1.82, 2.24) is 10.2 Å². The first-order chi connectivity index (χ1) is 8.25. The fourth-order valence-electron chi connectivity index (χ4n) is 3.10. The quantitative estimate of drug-likeness (QED) is 0.812. The van der Waals surface area contributed by atoms with Crippen molar-refractivity contribution in [2.75, 3.05) is 32.8 Å². The third-order valence-corrected chi connectivity index (χ3v) is 4.33. The lowest BCUT2D eigenvalue weighted by Crippen LogP contribution is -2.45. The summed E-state index contributed by atoms with van der Waals surface area (Å²) < 4.78 is 5.37. The second-order valence-electron chi connectivity index (χ2n) is 5.86. The van der Waals surface area contributed by atoms with E-state index < -0.39 is 0 Å². The molecule has 2 aliphatic rings. The fourth-order valence-corrected chi connectivity index (χ4v) is 3.10. The predicted octanol–water partition coefficient (Wildman–Crippen LogP) is 1.88. The molecule has 2 rings (SSSR count). The van der Waals surface area contributed by atoms with E-state index in [4.69, 9.17) is 4.74 Å². The van der Waals surface area contributed by atoms with E-state index in [0.717, 1.165) is 31.7 Å². The lowest BCUT2D eigenvalue weighted by molar-refractivity contribution is 0.0749. The summed E-state index contributed by atoms with van der Waals surface area (Å²) in [5.74, 6) is 0.921. The topological polar surface area (TPSA) is 24.5 Å². The number of rotatable bonds is 4. The zero-order valence-corrected chi connectivity index (χ0v) is 11.5. The van der Waals surface area contributed by atoms with Gasteiger partial charge in [-0.2, -0.15) is 0 Å². The normalized spacial score (nSPS) is 32.8. The highest BCUT2D eigenvalue weighted by atomic mass is 16.5. The summed E-state index contributed by atoms with van der Waals surface area (Å²) in [7, 11) is 0. The minimum Gasteiger partial charge on any atom is -0.381 e. The van der Waals surface area contributed by atoms with Gasteiger partial charge < -0.3 is 10.1 Å². The summed E-state index contributed by atoms with van der Waals surface area (Å²) in [5, 5.41) is 3.68. The van der Waals surface area contributed by atoms with Crippen LogP contribution in [0.25, 0.3) is 0 Å². The van der Waals surface area contributed by atoms with Crippen molar-refractivity contribution in [3.8, 4) is 0 Å². The van der Waals surface area contributed by atoms with Gasteiger partial charge in [-0.25, -0.2) is 0 Å². The molecule has 3 nitrogen and oxygen atoms in total. The first-order valence-corrected chi connectivity index (χ1v) is 7.31. The van der Waals surface area contributed by atoms with Gasteiger partial charge in [-0.15, -0.1) is 0 Å². The maximum absolute atomic E-state index is 5.37. The van der Waals surface area contributed by atoms with Crippen LogP contribution in [0.4, 0.5) is 0 Å². The first kappa shape index (κ1) is 13.3. The maximum atomic E-state index is 5.37. The Hall–Kier alpha value is -0.120. The SMILES string of the molecule is CC1CCN(CCNC2CCOCC2)C(C)C1. The fraction of sp³-hybridized carbons (Fsp3) is 1.00. The third-order valence-electron chi connectivity index (χ3n) is 4.33. The summed E-state index contributed by atoms with van der Waals surface area (Å²) in [6.07, 6.45) is 5.12. The van der Waals surface area contributed by atoms with Crippen molar-refractivity contribution >= 4 is 0 Å². The Morgan fingerprint density at radius 1 is 1.18 bits per heavy atom. The smallest absolute Gasteiger partial charge is 0.0480 e. The van der Waals surface area contributed by atoms with E-state index >= 15 is 0 Å². The van der Waals surface area contributed by atoms with Crippen LogP contribution in [0.1, 0.15) is 39.5 Å². The van der Waals surface area contributed by atoms with Gasteiger partial charge in [0, 0.05) is 38.4 Å². The van der Waals surface area contributed by atoms with E-state index in [-0.39, 0.29) is 0 Å². The third kappa shape index (κ3) is 4.23. The number of nitrogens with zero attached hydrogens (tertiary/aromatic N) is 1. The highest BCUT2D eigenvalue weighted by Gasteiger charge is 2.22. The highest BCUT2D eigenvalue weighted by molar-refractivity contribution is 4.78. The molecule has 0 aromatic heterocycles. The summed E-state index contributed by atoms with van der Waals surface area (Å²) in [4.78, 5) is 2.65. The van der Waals surface area contributed by atoms with Gasteiger partial charge in [0.1, 0.15) is 0 Å². The zero-order valence-electron chi connectivity index (χ0n) is 11.5. The molecule has 0 spiro atoms. The van der Waals surface area contributed by atoms with Crippen LogP contribution in [0.5, 0.6) is 0 Å². The van der Waals surface area contributed by atoms with Crippen LogP contribution in [0, 0.1) is 5.92 Å². The van der Waals surface area contributed by atoms with Crippen LogP contribution < -0.4 is 5.32 Å². The number of hydrogen-bond acceptors (Lipinski definition) is 3. The van der Waals surface area contributed by atoms with Crippen LogP contribution in [-0.2, 0) is 4.74 Å². The second kappa shape index (κ2) is 6.72. The minimum absolute atomic E-state index is 0.697. The Balaban J connectivity index is 1.61. The molecule has 0 aliphatic carbocycles. The van der Waals surface area contributed by atoms with Crippen molar-refractivity contribution in [2.24, 2.45) is 5.92 Å². The zero-order chi connectivity index (χ0) is 12.1. The lowest BCUT2D eigenvalue weighted by Gasteiger charge is -2.37. The molecule has 100 valence electrons. The van der Waals surface area contributed by atoms with E-state index in [2.05, 4.69) is 24.1 Å². The second-order valence-corrected chi connectivity index (χ2v) is 5.86. The summed E-state index contributed by atoms with van der Waals surface area (Å²) in [5.41, 5.74) is 0. The van der Waals surface area contributed by atoms with E-state index in [9.17, 15) is 0 Å². The molecule has 0 amide bonds. The molecule has 2 saturated heterocycles. The summed E-state index contributed by atoms with van der Waals surface area (Å²) >= 11 is 0. The molecule has 0 aromatic carbocycles. The Morgan fingerprint density at radius 3 is 2.65 bits per heavy atom. The largest absolute Gasteiger partial charge is 0.381 e. The average molecular weight is 240 g/mol. The molecule has 2 atom stereocenters. The molecule has 1 N–H and O–H groups in total. The van der Waals surface area contributed by atoms with Gasteiger partial charge in [0.2, 0.25) is 0 Å². The number of ether oxygens (including phenoxy) is 1. The molecule has 2 aliphatic heterocycles. The van der Waals surface area contributed by atoms with Crippen LogP contribution in [0.3, 0.4) is 0 Å². The van der Waals surface area contributed by atoms with Gasteiger partial charge >= 0.3 is 0 Å². The molecule has 0 aromatic rings. The van der Waals surface area contributed by atoms with Crippen molar-refractivity contribution in [3.63, 3.8) is 0 Å². The Kier molecular flexibility index (Phi) is 5.26. The van der Waals surface area contributed by atoms with Gasteiger partial charge in [-0.3, -0.25) is 4.90 Å². The number of nitrogens with one attached hydrogen (secondary N) is 1. The molecule has 17 heavy (non-hydrogen) atoms. The van der Waals surface area contributed by atoms with Crippen LogP contribution in [0.2, 0.25) is 0 Å². The molecular weight excluding hydrogens is 212 g/mol. The minimum atomic E-state index is 0.697. The van der Waals surface area contributed by atoms with Crippen molar-refractivity contribution in [1.29, 1.82) is 0 Å². The number of hydrogen-bond donors (Lipinski definition) is 1. The molecule has 2 fully saturated rings. The summed E-state index contributed by atoms with van der Waals surface area (Å²) in [6, 6.07) is 1.47. The monoisotopic (exact) mass is 240 g/mol. The van der Waals surface area contributed by atoms with Gasteiger partial charge in [-0.1, -0.05) is 6.92 Å². The predicted molar refractivity (Wildman–Crippen MR) is 71.3 cm³/mol. The Labute approximate surface area is 106 Å². The van der Waals surface area contributed by atoms with Gasteiger partial charge in [0.05, 0.1) is 0 Å². The molecule has 0 radical (unpaired) electrons. The molecule has 0 saturated carbocycles. The number of likely N-dealkylation sites (tertiary alicyclic amines) is 1.